The second kappa shape index (κ2) is 8.51. The number of anilines is 2. The van der Waals surface area contributed by atoms with Crippen molar-refractivity contribution in [3.63, 3.8) is 0 Å². The Morgan fingerprint density at radius 1 is 1.00 bits per heavy atom. The third-order valence-electron chi connectivity index (χ3n) is 4.96. The highest BCUT2D eigenvalue weighted by atomic mass is 35.5. The van der Waals surface area contributed by atoms with Gasteiger partial charge in [-0.15, -0.1) is 0 Å². The third-order valence-corrected chi connectivity index (χ3v) is 7.54. The number of hydrogen-bond donors (Lipinski definition) is 2. The number of aromatic nitrogens is 1. The molecule has 0 bridgehead atoms. The molecule has 3 aromatic carbocycles. The van der Waals surface area contributed by atoms with Crippen LogP contribution in [-0.2, 0) is 16.6 Å². The number of thiazole rings is 1. The number of fused-ring (bicyclic) bond motifs is 3. The van der Waals surface area contributed by atoms with E-state index in [2.05, 4.69) is 15.0 Å². The van der Waals surface area contributed by atoms with E-state index < -0.39 is 15.9 Å². The van der Waals surface area contributed by atoms with Crippen molar-refractivity contribution in [3.8, 4) is 17.0 Å². The largest absolute Gasteiger partial charge is 0.487 e. The van der Waals surface area contributed by atoms with Crippen LogP contribution < -0.4 is 14.8 Å². The van der Waals surface area contributed by atoms with Gasteiger partial charge < -0.3 is 4.74 Å². The molecular weight excluding hydrogens is 482 g/mol. The van der Waals surface area contributed by atoms with E-state index in [-0.39, 0.29) is 16.1 Å². The Kier molecular flexibility index (Phi) is 5.53. The predicted octanol–water partition coefficient (Wildman–Crippen LogP) is 5.41. The summed E-state index contributed by atoms with van der Waals surface area (Å²) in [6.45, 7) is 0.372. The predicted molar refractivity (Wildman–Crippen MR) is 129 cm³/mol. The molecule has 0 unspecified atom stereocenters. The van der Waals surface area contributed by atoms with Crippen molar-refractivity contribution >= 4 is 49.7 Å². The number of halogens is 1. The topological polar surface area (TPSA) is 97.4 Å². The first kappa shape index (κ1) is 21.4. The zero-order valence-electron chi connectivity index (χ0n) is 16.9. The highest BCUT2D eigenvalue weighted by Gasteiger charge is 2.24. The molecule has 10 heteroatoms. The van der Waals surface area contributed by atoms with E-state index in [0.717, 1.165) is 21.9 Å². The molecule has 2 heterocycles. The van der Waals surface area contributed by atoms with E-state index in [1.807, 2.05) is 24.3 Å². The number of ether oxygens (including phenoxy) is 1. The molecule has 1 aromatic heterocycles. The first-order valence-corrected chi connectivity index (χ1v) is 12.5. The van der Waals surface area contributed by atoms with Crippen molar-refractivity contribution < 1.29 is 17.9 Å². The molecule has 166 valence electrons. The second-order valence-electron chi connectivity index (χ2n) is 7.13. The highest BCUT2D eigenvalue weighted by molar-refractivity contribution is 7.92. The van der Waals surface area contributed by atoms with Crippen LogP contribution >= 0.6 is 22.9 Å². The van der Waals surface area contributed by atoms with Crippen molar-refractivity contribution in [1.29, 1.82) is 0 Å². The van der Waals surface area contributed by atoms with E-state index in [0.29, 0.717) is 16.8 Å². The van der Waals surface area contributed by atoms with Crippen LogP contribution in [0.4, 0.5) is 10.8 Å². The first-order valence-electron chi connectivity index (χ1n) is 9.81. The van der Waals surface area contributed by atoms with E-state index in [1.165, 1.54) is 41.7 Å². The summed E-state index contributed by atoms with van der Waals surface area (Å²) in [6, 6.07) is 19.7. The van der Waals surface area contributed by atoms with E-state index in [9.17, 15) is 13.2 Å². The molecule has 0 radical (unpaired) electrons. The molecule has 7 nitrogen and oxygen atoms in total. The maximum Gasteiger partial charge on any atom is 0.261 e. The Balaban J connectivity index is 1.40. The van der Waals surface area contributed by atoms with Crippen molar-refractivity contribution in [1.82, 2.24) is 4.98 Å². The number of nitrogens with one attached hydrogen (secondary N) is 2. The minimum Gasteiger partial charge on any atom is -0.487 e. The Hall–Kier alpha value is -3.40. The average Bonchev–Trinajstić information content (AvgIpc) is 3.22. The number of hydrogen-bond acceptors (Lipinski definition) is 6. The molecule has 0 fully saturated rings. The number of rotatable bonds is 5. The lowest BCUT2D eigenvalue weighted by atomic mass is 10.1. The van der Waals surface area contributed by atoms with Gasteiger partial charge in [-0.25, -0.2) is 13.4 Å². The van der Waals surface area contributed by atoms with Gasteiger partial charge in [-0.05, 0) is 48.5 Å². The normalized spacial score (nSPS) is 12.3. The molecule has 33 heavy (non-hydrogen) atoms. The summed E-state index contributed by atoms with van der Waals surface area (Å²) in [6.07, 6.45) is 0. The monoisotopic (exact) mass is 497 g/mol. The standard InChI is InChI=1S/C23H16ClN3O4S2/c24-14-9-11-15(12-10-14)33(29,30)27-18-7-3-1-5-16(18)22(28)26-23-25-21-17-6-2-4-8-19(17)31-13-20(21)32-23/h1-12,27H,13H2,(H,25,26,28). The molecule has 1 amide bonds. The minimum absolute atomic E-state index is 0.0355. The number of carbonyl (C=O) groups excluding carboxylic acids is 1. The molecule has 2 N–H and O–H groups in total. The summed E-state index contributed by atoms with van der Waals surface area (Å²) in [7, 11) is -3.91. The summed E-state index contributed by atoms with van der Waals surface area (Å²) in [5, 5.41) is 3.61. The van der Waals surface area contributed by atoms with Gasteiger partial charge in [0.2, 0.25) is 0 Å². The van der Waals surface area contributed by atoms with Gasteiger partial charge >= 0.3 is 0 Å². The van der Waals surface area contributed by atoms with Gasteiger partial charge in [0, 0.05) is 10.6 Å². The van der Waals surface area contributed by atoms with Crippen molar-refractivity contribution in [2.24, 2.45) is 0 Å². The summed E-state index contributed by atoms with van der Waals surface area (Å²) in [4.78, 5) is 18.5. The molecule has 0 saturated heterocycles. The Bertz CT molecular complexity index is 1470. The molecule has 1 aliphatic rings. The number of para-hydroxylation sites is 2. The summed E-state index contributed by atoms with van der Waals surface area (Å²) >= 11 is 7.17. The Morgan fingerprint density at radius 3 is 2.55 bits per heavy atom. The first-order chi connectivity index (χ1) is 15.9. The lowest BCUT2D eigenvalue weighted by Gasteiger charge is -2.15. The third kappa shape index (κ3) is 4.30. The number of carbonyl (C=O) groups is 1. The summed E-state index contributed by atoms with van der Waals surface area (Å²) in [5.41, 5.74) is 1.96. The summed E-state index contributed by atoms with van der Waals surface area (Å²) in [5.74, 6) is 0.264. The Labute approximate surface area is 199 Å². The van der Waals surface area contributed by atoms with Crippen LogP contribution in [0.3, 0.4) is 0 Å². The second-order valence-corrected chi connectivity index (χ2v) is 10.3. The maximum absolute atomic E-state index is 13.0. The van der Waals surface area contributed by atoms with E-state index in [1.54, 1.807) is 18.2 Å². The van der Waals surface area contributed by atoms with Gasteiger partial charge in [0.25, 0.3) is 15.9 Å². The fourth-order valence-corrected chi connectivity index (χ4v) is 5.49. The van der Waals surface area contributed by atoms with Crippen LogP contribution in [0.25, 0.3) is 11.3 Å². The number of benzene rings is 3. The number of sulfonamides is 1. The average molecular weight is 498 g/mol. The highest BCUT2D eigenvalue weighted by Crippen LogP contribution is 2.40. The van der Waals surface area contributed by atoms with Gasteiger partial charge in [-0.3, -0.25) is 14.8 Å². The number of nitrogens with zero attached hydrogens (tertiary/aromatic N) is 1. The molecule has 0 aliphatic carbocycles. The van der Waals surface area contributed by atoms with E-state index in [4.69, 9.17) is 16.3 Å². The summed E-state index contributed by atoms with van der Waals surface area (Å²) < 4.78 is 33.8. The zero-order valence-corrected chi connectivity index (χ0v) is 19.3. The van der Waals surface area contributed by atoms with Gasteiger partial charge in [0.15, 0.2) is 5.13 Å². The van der Waals surface area contributed by atoms with Gasteiger partial charge in [0.1, 0.15) is 12.4 Å². The molecule has 1 aliphatic heterocycles. The molecule has 0 atom stereocenters. The Morgan fingerprint density at radius 2 is 1.73 bits per heavy atom. The van der Waals surface area contributed by atoms with Crippen LogP contribution in [0.2, 0.25) is 5.02 Å². The van der Waals surface area contributed by atoms with Crippen LogP contribution in [0.15, 0.2) is 77.7 Å². The lowest BCUT2D eigenvalue weighted by molar-refractivity contribution is 0.102. The van der Waals surface area contributed by atoms with E-state index >= 15 is 0 Å². The van der Waals surface area contributed by atoms with Crippen molar-refractivity contribution in [3.05, 3.63) is 88.3 Å². The number of amides is 1. The zero-order chi connectivity index (χ0) is 23.0. The van der Waals surface area contributed by atoms with Crippen LogP contribution in [0.5, 0.6) is 5.75 Å². The van der Waals surface area contributed by atoms with Gasteiger partial charge in [-0.2, -0.15) is 0 Å². The van der Waals surface area contributed by atoms with Crippen molar-refractivity contribution in [2.75, 3.05) is 10.0 Å². The SMILES string of the molecule is O=C(Nc1nc2c(s1)COc1ccccc1-2)c1ccccc1NS(=O)(=O)c1ccc(Cl)cc1. The van der Waals surface area contributed by atoms with Gasteiger partial charge in [0.05, 0.1) is 26.7 Å². The smallest absolute Gasteiger partial charge is 0.261 e. The van der Waals surface area contributed by atoms with Crippen LogP contribution in [0.1, 0.15) is 15.2 Å². The minimum atomic E-state index is -3.91. The lowest BCUT2D eigenvalue weighted by Crippen LogP contribution is -2.18. The molecule has 4 aromatic rings. The van der Waals surface area contributed by atoms with Gasteiger partial charge in [-0.1, -0.05) is 47.2 Å². The molecule has 0 saturated carbocycles. The van der Waals surface area contributed by atoms with Crippen LogP contribution in [0, 0.1) is 0 Å². The molecule has 0 spiro atoms. The van der Waals surface area contributed by atoms with Crippen LogP contribution in [-0.4, -0.2) is 19.3 Å². The quantitative estimate of drug-likeness (QED) is 0.384. The molecular formula is C23H16ClN3O4S2. The fraction of sp³-hybridized carbons (Fsp3) is 0.0435. The van der Waals surface area contributed by atoms with Crippen molar-refractivity contribution in [2.45, 2.75) is 11.5 Å². The maximum atomic E-state index is 13.0. The fourth-order valence-electron chi connectivity index (χ4n) is 3.40. The molecule has 5 rings (SSSR count).